The molecule has 0 aliphatic heterocycles. The van der Waals surface area contributed by atoms with Gasteiger partial charge in [-0.15, -0.1) is 0 Å². The number of hydrogen-bond acceptors (Lipinski definition) is 5. The molecule has 3 rings (SSSR count). The fraction of sp³-hybridized carbons (Fsp3) is 0.0952. The van der Waals surface area contributed by atoms with E-state index in [4.69, 9.17) is 58.0 Å². The van der Waals surface area contributed by atoms with Gasteiger partial charge in [0.2, 0.25) is 15.9 Å². The Hall–Kier alpha value is -1.92. The van der Waals surface area contributed by atoms with Crippen LogP contribution in [-0.2, 0) is 24.8 Å². The van der Waals surface area contributed by atoms with Gasteiger partial charge >= 0.3 is 0 Å². The lowest BCUT2D eigenvalue weighted by atomic mass is 10.3. The molecular formula is C21H16Cl5N3O5S2. The van der Waals surface area contributed by atoms with Crippen molar-refractivity contribution in [2.24, 2.45) is 0 Å². The lowest BCUT2D eigenvalue weighted by Gasteiger charge is -2.23. The molecule has 8 nitrogen and oxygen atoms in total. The molecule has 0 radical (unpaired) electrons. The van der Waals surface area contributed by atoms with Crippen LogP contribution in [0, 0.1) is 0 Å². The second-order valence-corrected chi connectivity index (χ2v) is 13.0. The van der Waals surface area contributed by atoms with E-state index in [0.717, 1.165) is 10.6 Å². The van der Waals surface area contributed by atoms with Crippen molar-refractivity contribution in [3.05, 3.63) is 79.7 Å². The summed E-state index contributed by atoms with van der Waals surface area (Å²) < 4.78 is 53.1. The van der Waals surface area contributed by atoms with Gasteiger partial charge in [0.1, 0.15) is 6.54 Å². The normalized spacial score (nSPS) is 11.7. The Balaban J connectivity index is 1.76. The fourth-order valence-electron chi connectivity index (χ4n) is 2.96. The Morgan fingerprint density at radius 2 is 1.33 bits per heavy atom. The van der Waals surface area contributed by atoms with E-state index in [0.29, 0.717) is 0 Å². The van der Waals surface area contributed by atoms with Crippen molar-refractivity contribution in [1.82, 2.24) is 0 Å². The second kappa shape index (κ2) is 11.2. The van der Waals surface area contributed by atoms with E-state index in [1.54, 1.807) is 0 Å². The van der Waals surface area contributed by atoms with Gasteiger partial charge in [-0.05, 0) is 54.6 Å². The smallest absolute Gasteiger partial charge is 0.261 e. The average Bonchev–Trinajstić information content (AvgIpc) is 2.73. The van der Waals surface area contributed by atoms with Gasteiger partial charge in [-0.3, -0.25) is 13.8 Å². The third-order valence-corrected chi connectivity index (χ3v) is 8.49. The zero-order chi connectivity index (χ0) is 26.8. The monoisotopic (exact) mass is 629 g/mol. The molecule has 0 bridgehead atoms. The number of anilines is 3. The third kappa shape index (κ3) is 7.32. The van der Waals surface area contributed by atoms with E-state index in [1.807, 2.05) is 0 Å². The molecule has 15 heteroatoms. The molecule has 0 aliphatic rings. The van der Waals surface area contributed by atoms with Gasteiger partial charge in [0.15, 0.2) is 0 Å². The van der Waals surface area contributed by atoms with Gasteiger partial charge in [-0.25, -0.2) is 16.8 Å². The second-order valence-electron chi connectivity index (χ2n) is 7.32. The van der Waals surface area contributed by atoms with Crippen LogP contribution in [0.1, 0.15) is 0 Å². The number of carbonyl (C=O) groups is 1. The third-order valence-electron chi connectivity index (χ3n) is 4.51. The molecular weight excluding hydrogens is 616 g/mol. The summed E-state index contributed by atoms with van der Waals surface area (Å²) in [5.74, 6) is -0.718. The zero-order valence-corrected chi connectivity index (χ0v) is 23.5. The Kier molecular flexibility index (Phi) is 8.93. The van der Waals surface area contributed by atoms with E-state index in [1.165, 1.54) is 54.6 Å². The average molecular weight is 632 g/mol. The Bertz CT molecular complexity index is 1510. The van der Waals surface area contributed by atoms with Crippen molar-refractivity contribution >= 4 is 101 Å². The summed E-state index contributed by atoms with van der Waals surface area (Å²) in [6.07, 6.45) is 0.902. The predicted octanol–water partition coefficient (Wildman–Crippen LogP) is 6.16. The topological polar surface area (TPSA) is 113 Å². The van der Waals surface area contributed by atoms with Crippen LogP contribution in [-0.4, -0.2) is 35.5 Å². The van der Waals surface area contributed by atoms with Crippen molar-refractivity contribution in [3.8, 4) is 0 Å². The number of nitrogens with zero attached hydrogens (tertiary/aromatic N) is 1. The molecule has 192 valence electrons. The van der Waals surface area contributed by atoms with Crippen molar-refractivity contribution in [3.63, 3.8) is 0 Å². The molecule has 0 aliphatic carbocycles. The molecule has 3 aromatic carbocycles. The number of sulfonamides is 2. The molecule has 0 fully saturated rings. The number of halogens is 5. The molecule has 0 atom stereocenters. The maximum Gasteiger partial charge on any atom is 0.261 e. The van der Waals surface area contributed by atoms with Gasteiger partial charge in [0.05, 0.1) is 37.6 Å². The van der Waals surface area contributed by atoms with Gasteiger partial charge < -0.3 is 5.32 Å². The fourth-order valence-corrected chi connectivity index (χ4v) is 6.08. The van der Waals surface area contributed by atoms with Crippen LogP contribution in [0.5, 0.6) is 0 Å². The maximum absolute atomic E-state index is 12.7. The standard InChI is InChI=1S/C21H16Cl5N3O5S2/c1-35(31,32)29(20-10-18(25)17(24)9-19(20)26)11-21(30)27-14-2-4-16(5-3-14)36(33,34)28-15-7-12(22)6-13(23)8-15/h2-10,28H,11H2,1H3,(H,27,30). The number of hydrogen-bond donors (Lipinski definition) is 2. The minimum absolute atomic E-state index is 0.0225. The van der Waals surface area contributed by atoms with E-state index < -0.39 is 32.5 Å². The Labute approximate surface area is 233 Å². The van der Waals surface area contributed by atoms with E-state index >= 15 is 0 Å². The highest BCUT2D eigenvalue weighted by Crippen LogP contribution is 2.35. The van der Waals surface area contributed by atoms with Crippen LogP contribution in [0.15, 0.2) is 59.5 Å². The molecule has 0 saturated carbocycles. The summed E-state index contributed by atoms with van der Waals surface area (Å²) >= 11 is 29.8. The quantitative estimate of drug-likeness (QED) is 0.289. The van der Waals surface area contributed by atoms with Gasteiger partial charge in [0.25, 0.3) is 10.0 Å². The van der Waals surface area contributed by atoms with E-state index in [2.05, 4.69) is 10.0 Å². The Morgan fingerprint density at radius 1 is 0.778 bits per heavy atom. The van der Waals surface area contributed by atoms with Crippen molar-refractivity contribution < 1.29 is 21.6 Å². The van der Waals surface area contributed by atoms with Crippen LogP contribution in [0.2, 0.25) is 25.1 Å². The number of rotatable bonds is 8. The molecule has 1 amide bonds. The highest BCUT2D eigenvalue weighted by Gasteiger charge is 2.24. The zero-order valence-electron chi connectivity index (χ0n) is 18.1. The molecule has 0 heterocycles. The minimum atomic E-state index is -3.98. The van der Waals surface area contributed by atoms with Crippen LogP contribution >= 0.6 is 58.0 Å². The van der Waals surface area contributed by atoms with Crippen molar-refractivity contribution in [2.75, 3.05) is 27.1 Å². The summed E-state index contributed by atoms with van der Waals surface area (Å²) in [5, 5.41) is 3.16. The summed E-state index contributed by atoms with van der Waals surface area (Å²) in [6, 6.07) is 12.0. The summed E-state index contributed by atoms with van der Waals surface area (Å²) in [7, 11) is -7.92. The van der Waals surface area contributed by atoms with Gasteiger partial charge in [-0.2, -0.15) is 0 Å². The van der Waals surface area contributed by atoms with Crippen LogP contribution in [0.3, 0.4) is 0 Å². The first kappa shape index (κ1) is 28.6. The molecule has 0 unspecified atom stereocenters. The highest BCUT2D eigenvalue weighted by molar-refractivity contribution is 7.92. The minimum Gasteiger partial charge on any atom is -0.325 e. The molecule has 2 N–H and O–H groups in total. The van der Waals surface area contributed by atoms with Crippen LogP contribution in [0.4, 0.5) is 17.1 Å². The molecule has 36 heavy (non-hydrogen) atoms. The first-order chi connectivity index (χ1) is 16.7. The lowest BCUT2D eigenvalue weighted by Crippen LogP contribution is -2.37. The Morgan fingerprint density at radius 3 is 1.89 bits per heavy atom. The summed E-state index contributed by atoms with van der Waals surface area (Å²) in [4.78, 5) is 12.5. The predicted molar refractivity (Wildman–Crippen MR) is 146 cm³/mol. The van der Waals surface area contributed by atoms with Crippen LogP contribution < -0.4 is 14.3 Å². The van der Waals surface area contributed by atoms with Crippen LogP contribution in [0.25, 0.3) is 0 Å². The first-order valence-electron chi connectivity index (χ1n) is 9.67. The highest BCUT2D eigenvalue weighted by atomic mass is 35.5. The molecule has 0 spiro atoms. The SMILES string of the molecule is CS(=O)(=O)N(CC(=O)Nc1ccc(S(=O)(=O)Nc2cc(Cl)cc(Cl)c2)cc1)c1cc(Cl)c(Cl)cc1Cl. The van der Waals surface area contributed by atoms with Gasteiger partial charge in [-0.1, -0.05) is 58.0 Å². The largest absolute Gasteiger partial charge is 0.325 e. The first-order valence-corrected chi connectivity index (χ1v) is 14.9. The number of nitrogens with one attached hydrogen (secondary N) is 2. The number of benzene rings is 3. The molecule has 3 aromatic rings. The van der Waals surface area contributed by atoms with Crippen molar-refractivity contribution in [2.45, 2.75) is 4.90 Å². The number of carbonyl (C=O) groups excluding carboxylic acids is 1. The number of amides is 1. The summed E-state index contributed by atoms with van der Waals surface area (Å²) in [5.41, 5.74) is 0.363. The van der Waals surface area contributed by atoms with Crippen molar-refractivity contribution in [1.29, 1.82) is 0 Å². The van der Waals surface area contributed by atoms with E-state index in [9.17, 15) is 21.6 Å². The van der Waals surface area contributed by atoms with E-state index in [-0.39, 0.29) is 47.1 Å². The molecule has 0 aromatic heterocycles. The molecule has 0 saturated heterocycles. The summed E-state index contributed by atoms with van der Waals surface area (Å²) in [6.45, 7) is -0.631. The van der Waals surface area contributed by atoms with Gasteiger partial charge in [0, 0.05) is 15.7 Å². The maximum atomic E-state index is 12.7. The lowest BCUT2D eigenvalue weighted by molar-refractivity contribution is -0.114.